The third-order valence-electron chi connectivity index (χ3n) is 5.67. The molecule has 154 valence electrons. The second kappa shape index (κ2) is 7.54. The Hall–Kier alpha value is -2.25. The normalized spacial score (nSPS) is 22.0. The molecule has 0 aliphatic carbocycles. The van der Waals surface area contributed by atoms with E-state index < -0.39 is 17.1 Å². The number of fused-ring (bicyclic) bond motifs is 1. The predicted octanol–water partition coefficient (Wildman–Crippen LogP) is 4.07. The van der Waals surface area contributed by atoms with Gasteiger partial charge in [-0.1, -0.05) is 23.7 Å². The van der Waals surface area contributed by atoms with Crippen LogP contribution in [0.2, 0.25) is 5.02 Å². The van der Waals surface area contributed by atoms with Crippen LogP contribution in [0.15, 0.2) is 45.6 Å². The van der Waals surface area contributed by atoms with E-state index in [9.17, 15) is 20.1 Å². The van der Waals surface area contributed by atoms with Crippen LogP contribution in [0.25, 0.3) is 22.3 Å². The van der Waals surface area contributed by atoms with Crippen molar-refractivity contribution in [2.24, 2.45) is 0 Å². The first-order chi connectivity index (χ1) is 13.2. The van der Waals surface area contributed by atoms with E-state index in [4.69, 9.17) is 16.0 Å². The monoisotopic (exact) mass is 437 g/mol. The second-order valence-electron chi connectivity index (χ2n) is 7.34. The Morgan fingerprint density at radius 3 is 2.52 bits per heavy atom. The Balaban J connectivity index is 0.00000240. The van der Waals surface area contributed by atoms with Gasteiger partial charge in [-0.05, 0) is 32.5 Å². The molecule has 0 saturated carbocycles. The number of hydrogen-bond donors (Lipinski definition) is 3. The lowest BCUT2D eigenvalue weighted by molar-refractivity contribution is -0.0627. The quantitative estimate of drug-likeness (QED) is 0.559. The number of likely N-dealkylation sites (N-methyl/N-ethyl adjacent to an activating group) is 1. The van der Waals surface area contributed by atoms with Gasteiger partial charge < -0.3 is 19.7 Å². The first-order valence-electron chi connectivity index (χ1n) is 8.93. The minimum Gasteiger partial charge on any atom is -0.507 e. The number of phenols is 2. The van der Waals surface area contributed by atoms with Crippen molar-refractivity contribution < 1.29 is 19.7 Å². The lowest BCUT2D eigenvalue weighted by Gasteiger charge is -2.32. The van der Waals surface area contributed by atoms with Gasteiger partial charge in [-0.25, -0.2) is 0 Å². The Morgan fingerprint density at radius 1 is 1.21 bits per heavy atom. The summed E-state index contributed by atoms with van der Waals surface area (Å²) in [6.07, 6.45) is 0.553. The number of aliphatic hydroxyl groups is 1. The summed E-state index contributed by atoms with van der Waals surface area (Å²) in [5, 5.41) is 32.2. The summed E-state index contributed by atoms with van der Waals surface area (Å²) in [5.74, 6) is -0.891. The van der Waals surface area contributed by atoms with Gasteiger partial charge in [-0.2, -0.15) is 0 Å². The SMILES string of the molecule is CN1CCC(c2c(O)cc(O)c3c(=O)cc(-c4ccccc4Cl)oc23)C1(C)O.Cl. The lowest BCUT2D eigenvalue weighted by Crippen LogP contribution is -2.41. The van der Waals surface area contributed by atoms with Crippen LogP contribution >= 0.6 is 24.0 Å². The number of benzene rings is 2. The topological polar surface area (TPSA) is 94.1 Å². The molecular formula is C21H21Cl2NO5. The molecule has 0 bridgehead atoms. The molecule has 2 atom stereocenters. The summed E-state index contributed by atoms with van der Waals surface area (Å²) in [4.78, 5) is 14.6. The number of nitrogens with zero attached hydrogens (tertiary/aromatic N) is 1. The van der Waals surface area contributed by atoms with Gasteiger partial charge in [0.1, 0.15) is 34.0 Å². The zero-order valence-electron chi connectivity index (χ0n) is 15.8. The van der Waals surface area contributed by atoms with E-state index in [1.165, 1.54) is 6.07 Å². The van der Waals surface area contributed by atoms with Crippen molar-refractivity contribution in [3.05, 3.63) is 57.2 Å². The third kappa shape index (κ3) is 3.36. The molecule has 4 rings (SSSR count). The highest BCUT2D eigenvalue weighted by Gasteiger charge is 2.45. The van der Waals surface area contributed by atoms with Crippen LogP contribution in [0.3, 0.4) is 0 Å². The predicted molar refractivity (Wildman–Crippen MR) is 114 cm³/mol. The molecule has 2 aromatic carbocycles. The molecule has 29 heavy (non-hydrogen) atoms. The van der Waals surface area contributed by atoms with Gasteiger partial charge in [0.05, 0.1) is 5.02 Å². The molecule has 0 spiro atoms. The summed E-state index contributed by atoms with van der Waals surface area (Å²) in [7, 11) is 1.78. The molecule has 2 unspecified atom stereocenters. The molecule has 1 saturated heterocycles. The van der Waals surface area contributed by atoms with Gasteiger partial charge in [-0.3, -0.25) is 9.69 Å². The molecule has 0 radical (unpaired) electrons. The van der Waals surface area contributed by atoms with Crippen LogP contribution in [0.1, 0.15) is 24.8 Å². The number of hydrogen-bond acceptors (Lipinski definition) is 6. The van der Waals surface area contributed by atoms with Crippen LogP contribution in [0, 0.1) is 0 Å². The molecule has 1 aliphatic rings. The van der Waals surface area contributed by atoms with Gasteiger partial charge in [-0.15, -0.1) is 12.4 Å². The van der Waals surface area contributed by atoms with Crippen LogP contribution in [-0.2, 0) is 0 Å². The van der Waals surface area contributed by atoms with Crippen molar-refractivity contribution in [3.63, 3.8) is 0 Å². The third-order valence-corrected chi connectivity index (χ3v) is 6.00. The Labute approximate surface area is 178 Å². The highest BCUT2D eigenvalue weighted by Crippen LogP contribution is 2.47. The number of halogens is 2. The maximum absolute atomic E-state index is 12.8. The minimum atomic E-state index is -1.25. The first-order valence-corrected chi connectivity index (χ1v) is 9.30. The number of phenolic OH excluding ortho intramolecular Hbond substituents is 2. The maximum atomic E-state index is 12.8. The molecule has 2 heterocycles. The Morgan fingerprint density at radius 2 is 1.90 bits per heavy atom. The van der Waals surface area contributed by atoms with Crippen molar-refractivity contribution in [1.29, 1.82) is 0 Å². The number of rotatable bonds is 2. The van der Waals surface area contributed by atoms with Gasteiger partial charge in [0, 0.05) is 35.7 Å². The standard InChI is InChI=1S/C21H20ClNO5.ClH/c1-21(27)12(7-8-23(21)2)18-14(24)9-15(25)19-16(26)10-17(28-20(18)19)11-5-3-4-6-13(11)22;/h3-6,9-10,12,24-25,27H,7-8H2,1-2H3;1H. The van der Waals surface area contributed by atoms with Crippen LogP contribution < -0.4 is 5.43 Å². The summed E-state index contributed by atoms with van der Waals surface area (Å²) >= 11 is 6.25. The fraction of sp³-hybridized carbons (Fsp3) is 0.286. The highest BCUT2D eigenvalue weighted by atomic mass is 35.5. The van der Waals surface area contributed by atoms with E-state index in [-0.39, 0.29) is 40.6 Å². The fourth-order valence-corrected chi connectivity index (χ4v) is 4.19. The van der Waals surface area contributed by atoms with E-state index in [0.29, 0.717) is 29.1 Å². The molecule has 1 aliphatic heterocycles. The average Bonchev–Trinajstić information content (AvgIpc) is 2.88. The molecule has 0 amide bonds. The molecule has 3 aromatic rings. The van der Waals surface area contributed by atoms with E-state index in [0.717, 1.165) is 6.07 Å². The van der Waals surface area contributed by atoms with Crippen LogP contribution in [0.5, 0.6) is 11.5 Å². The zero-order valence-corrected chi connectivity index (χ0v) is 17.4. The average molecular weight is 438 g/mol. The molecule has 1 fully saturated rings. The van der Waals surface area contributed by atoms with Crippen LogP contribution in [-0.4, -0.2) is 39.5 Å². The fourth-order valence-electron chi connectivity index (χ4n) is 3.96. The number of aromatic hydroxyl groups is 2. The van der Waals surface area contributed by atoms with Crippen molar-refractivity contribution in [3.8, 4) is 22.8 Å². The van der Waals surface area contributed by atoms with E-state index in [2.05, 4.69) is 0 Å². The van der Waals surface area contributed by atoms with Crippen molar-refractivity contribution in [2.75, 3.05) is 13.6 Å². The summed E-state index contributed by atoms with van der Waals surface area (Å²) < 4.78 is 6.01. The molecular weight excluding hydrogens is 417 g/mol. The summed E-state index contributed by atoms with van der Waals surface area (Å²) in [5.41, 5.74) is -0.831. The largest absolute Gasteiger partial charge is 0.507 e. The summed E-state index contributed by atoms with van der Waals surface area (Å²) in [6.45, 7) is 2.26. The van der Waals surface area contributed by atoms with E-state index in [1.807, 2.05) is 0 Å². The highest BCUT2D eigenvalue weighted by molar-refractivity contribution is 6.33. The van der Waals surface area contributed by atoms with Crippen LogP contribution in [0.4, 0.5) is 0 Å². The zero-order chi connectivity index (χ0) is 20.2. The maximum Gasteiger partial charge on any atom is 0.197 e. The van der Waals surface area contributed by atoms with Gasteiger partial charge in [0.25, 0.3) is 0 Å². The molecule has 6 nitrogen and oxygen atoms in total. The summed E-state index contributed by atoms with van der Waals surface area (Å²) in [6, 6.07) is 9.32. The second-order valence-corrected chi connectivity index (χ2v) is 7.75. The van der Waals surface area contributed by atoms with Crippen molar-refractivity contribution >= 4 is 35.0 Å². The van der Waals surface area contributed by atoms with Crippen molar-refractivity contribution in [1.82, 2.24) is 4.90 Å². The van der Waals surface area contributed by atoms with Crippen molar-refractivity contribution in [2.45, 2.75) is 25.0 Å². The van der Waals surface area contributed by atoms with Gasteiger partial charge in [0.15, 0.2) is 5.43 Å². The Kier molecular flexibility index (Phi) is 5.58. The number of likely N-dealkylation sites (tertiary alicyclic amines) is 1. The first kappa shape index (κ1) is 21.5. The lowest BCUT2D eigenvalue weighted by atomic mass is 9.87. The molecule has 3 N–H and O–H groups in total. The smallest absolute Gasteiger partial charge is 0.197 e. The van der Waals surface area contributed by atoms with E-state index >= 15 is 0 Å². The Bertz CT molecular complexity index is 1140. The van der Waals surface area contributed by atoms with Gasteiger partial charge >= 0.3 is 0 Å². The van der Waals surface area contributed by atoms with E-state index in [1.54, 1.807) is 43.1 Å². The van der Waals surface area contributed by atoms with Gasteiger partial charge in [0.2, 0.25) is 0 Å². The minimum absolute atomic E-state index is 0. The molecule has 1 aromatic heterocycles. The molecule has 8 heteroatoms.